The van der Waals surface area contributed by atoms with Crippen LogP contribution in [0.1, 0.15) is 251 Å². The lowest BCUT2D eigenvalue weighted by Crippen LogP contribution is -2.45. The van der Waals surface area contributed by atoms with Gasteiger partial charge in [0.05, 0.1) is 25.4 Å². The van der Waals surface area contributed by atoms with E-state index in [1.165, 1.54) is 161 Å². The van der Waals surface area contributed by atoms with E-state index < -0.39 is 12.1 Å². The Morgan fingerprint density at radius 2 is 0.895 bits per heavy atom. The molecule has 334 valence electrons. The molecule has 2 unspecified atom stereocenters. The SMILES string of the molecule is CCCCCCC/C=C\CCCCCCCC(=O)OCCCCCCCC/C=C\C/C=C\CCC(=O)NC(CO)C(O)CCCCCCCCCCCCCCC. The first-order valence-electron chi connectivity index (χ1n) is 24.7. The van der Waals surface area contributed by atoms with Crippen molar-refractivity contribution in [2.45, 2.75) is 264 Å². The van der Waals surface area contributed by atoms with Crippen LogP contribution < -0.4 is 5.32 Å². The Labute approximate surface area is 353 Å². The zero-order chi connectivity index (χ0) is 41.5. The highest BCUT2D eigenvalue weighted by Gasteiger charge is 2.19. The highest BCUT2D eigenvalue weighted by molar-refractivity contribution is 5.76. The van der Waals surface area contributed by atoms with Gasteiger partial charge in [0, 0.05) is 12.8 Å². The molecule has 0 aliphatic carbocycles. The summed E-state index contributed by atoms with van der Waals surface area (Å²) < 4.78 is 5.44. The third-order valence-corrected chi connectivity index (χ3v) is 11.2. The number of allylic oxidation sites excluding steroid dienone is 6. The molecule has 0 fully saturated rings. The molecule has 0 heterocycles. The first-order valence-corrected chi connectivity index (χ1v) is 24.7. The van der Waals surface area contributed by atoms with Crippen molar-refractivity contribution < 1.29 is 24.5 Å². The van der Waals surface area contributed by atoms with Crippen LogP contribution >= 0.6 is 0 Å². The van der Waals surface area contributed by atoms with Crippen molar-refractivity contribution in [3.63, 3.8) is 0 Å². The van der Waals surface area contributed by atoms with E-state index in [0.717, 1.165) is 51.4 Å². The van der Waals surface area contributed by atoms with Crippen molar-refractivity contribution in [1.82, 2.24) is 5.32 Å². The van der Waals surface area contributed by atoms with Crippen LogP contribution in [-0.2, 0) is 14.3 Å². The van der Waals surface area contributed by atoms with Crippen LogP contribution in [-0.4, -0.2) is 47.4 Å². The standard InChI is InChI=1S/C51H95NO5/c1-3-5-7-9-11-13-15-17-21-25-29-33-37-41-45-51(56)57-46-42-38-34-30-26-22-18-20-24-28-32-36-40-44-50(55)52-48(47-53)49(54)43-39-35-31-27-23-19-16-14-12-10-8-6-4-2/h15,17,20,24,32,36,48-49,53-54H,3-14,16,18-19,21-23,25-31,33-35,37-47H2,1-2H3,(H,52,55)/b17-15-,24-20-,36-32-. The minimum absolute atomic E-state index is 0.0262. The summed E-state index contributed by atoms with van der Waals surface area (Å²) in [5.41, 5.74) is 0. The summed E-state index contributed by atoms with van der Waals surface area (Å²) in [6.45, 7) is 4.86. The van der Waals surface area contributed by atoms with E-state index in [-0.39, 0.29) is 18.5 Å². The molecule has 0 aliphatic heterocycles. The van der Waals surface area contributed by atoms with Crippen LogP contribution in [0.25, 0.3) is 0 Å². The molecule has 3 N–H and O–H groups in total. The number of ether oxygens (including phenoxy) is 1. The smallest absolute Gasteiger partial charge is 0.305 e. The summed E-state index contributed by atoms with van der Waals surface area (Å²) in [6, 6.07) is -0.585. The van der Waals surface area contributed by atoms with Crippen LogP contribution in [0.4, 0.5) is 0 Å². The van der Waals surface area contributed by atoms with Crippen LogP contribution in [0.5, 0.6) is 0 Å². The summed E-state index contributed by atoms with van der Waals surface area (Å²) >= 11 is 0. The number of nitrogens with one attached hydrogen (secondary N) is 1. The predicted octanol–water partition coefficient (Wildman–Crippen LogP) is 14.5. The van der Waals surface area contributed by atoms with Gasteiger partial charge < -0.3 is 20.3 Å². The number of rotatable bonds is 45. The molecule has 6 heteroatoms. The second kappa shape index (κ2) is 46.8. The number of hydrogen-bond donors (Lipinski definition) is 3. The minimum atomic E-state index is -0.698. The molecule has 6 nitrogen and oxygen atoms in total. The molecule has 0 spiro atoms. The zero-order valence-electron chi connectivity index (χ0n) is 37.8. The van der Waals surface area contributed by atoms with Crippen molar-refractivity contribution in [1.29, 1.82) is 0 Å². The monoisotopic (exact) mass is 802 g/mol. The predicted molar refractivity (Wildman–Crippen MR) is 246 cm³/mol. The van der Waals surface area contributed by atoms with Crippen LogP contribution in [0, 0.1) is 0 Å². The quantitative estimate of drug-likeness (QED) is 0.0324. The number of aliphatic hydroxyl groups is 2. The third kappa shape index (κ3) is 43.5. The van der Waals surface area contributed by atoms with E-state index in [1.807, 2.05) is 6.08 Å². The molecule has 0 aromatic rings. The number of aliphatic hydroxyl groups excluding tert-OH is 2. The minimum Gasteiger partial charge on any atom is -0.466 e. The van der Waals surface area contributed by atoms with E-state index in [0.29, 0.717) is 32.3 Å². The largest absolute Gasteiger partial charge is 0.466 e. The van der Waals surface area contributed by atoms with Crippen molar-refractivity contribution in [3.8, 4) is 0 Å². The van der Waals surface area contributed by atoms with E-state index in [9.17, 15) is 19.8 Å². The molecular formula is C51H95NO5. The van der Waals surface area contributed by atoms with Gasteiger partial charge in [0.25, 0.3) is 0 Å². The summed E-state index contributed by atoms with van der Waals surface area (Å²) in [4.78, 5) is 24.4. The first-order chi connectivity index (χ1) is 28.0. The Morgan fingerprint density at radius 1 is 0.491 bits per heavy atom. The normalized spacial score (nSPS) is 13.0. The summed E-state index contributed by atoms with van der Waals surface area (Å²) in [7, 11) is 0. The number of carbonyl (C=O) groups is 2. The third-order valence-electron chi connectivity index (χ3n) is 11.2. The van der Waals surface area contributed by atoms with Gasteiger partial charge in [0.1, 0.15) is 0 Å². The van der Waals surface area contributed by atoms with Gasteiger partial charge in [-0.2, -0.15) is 0 Å². The van der Waals surface area contributed by atoms with Crippen molar-refractivity contribution in [3.05, 3.63) is 36.5 Å². The Hall–Kier alpha value is -1.92. The zero-order valence-corrected chi connectivity index (χ0v) is 37.8. The summed E-state index contributed by atoms with van der Waals surface area (Å²) in [5, 5.41) is 23.1. The molecule has 0 bridgehead atoms. The molecular weight excluding hydrogens is 707 g/mol. The van der Waals surface area contributed by atoms with Gasteiger partial charge in [-0.15, -0.1) is 0 Å². The highest BCUT2D eigenvalue weighted by Crippen LogP contribution is 2.15. The molecule has 0 saturated heterocycles. The summed E-state index contributed by atoms with van der Waals surface area (Å²) in [5.74, 6) is -0.143. The van der Waals surface area contributed by atoms with Crippen LogP contribution in [0.3, 0.4) is 0 Å². The molecule has 0 aromatic carbocycles. The molecule has 1 amide bonds. The molecule has 0 aliphatic rings. The maximum absolute atomic E-state index is 12.4. The maximum atomic E-state index is 12.4. The molecule has 0 saturated carbocycles. The first kappa shape index (κ1) is 55.1. The molecule has 0 aromatic heterocycles. The number of hydrogen-bond acceptors (Lipinski definition) is 5. The Balaban J connectivity index is 3.56. The molecule has 57 heavy (non-hydrogen) atoms. The average Bonchev–Trinajstić information content (AvgIpc) is 3.21. The summed E-state index contributed by atoms with van der Waals surface area (Å²) in [6.07, 6.45) is 55.5. The van der Waals surface area contributed by atoms with Gasteiger partial charge >= 0.3 is 5.97 Å². The van der Waals surface area contributed by atoms with Gasteiger partial charge in [-0.3, -0.25) is 9.59 Å². The van der Waals surface area contributed by atoms with Crippen LogP contribution in [0.2, 0.25) is 0 Å². The molecule has 2 atom stereocenters. The second-order valence-electron chi connectivity index (χ2n) is 16.8. The lowest BCUT2D eigenvalue weighted by atomic mass is 10.0. The van der Waals surface area contributed by atoms with Gasteiger partial charge in [-0.25, -0.2) is 0 Å². The topological polar surface area (TPSA) is 95.9 Å². The fourth-order valence-electron chi connectivity index (χ4n) is 7.33. The fourth-order valence-corrected chi connectivity index (χ4v) is 7.33. The van der Waals surface area contributed by atoms with Crippen molar-refractivity contribution in [2.75, 3.05) is 13.2 Å². The Kier molecular flexibility index (Phi) is 45.2. The number of esters is 1. The maximum Gasteiger partial charge on any atom is 0.305 e. The van der Waals surface area contributed by atoms with E-state index in [1.54, 1.807) is 0 Å². The van der Waals surface area contributed by atoms with Gasteiger partial charge in [0.15, 0.2) is 0 Å². The number of carbonyl (C=O) groups excluding carboxylic acids is 2. The second-order valence-corrected chi connectivity index (χ2v) is 16.8. The molecule has 0 radical (unpaired) electrons. The Bertz CT molecular complexity index is 931. The van der Waals surface area contributed by atoms with Crippen molar-refractivity contribution >= 4 is 11.9 Å². The van der Waals surface area contributed by atoms with Gasteiger partial charge in [-0.1, -0.05) is 204 Å². The van der Waals surface area contributed by atoms with Gasteiger partial charge in [0.2, 0.25) is 5.91 Å². The number of amides is 1. The number of unbranched alkanes of at least 4 members (excludes halogenated alkanes) is 28. The lowest BCUT2D eigenvalue weighted by Gasteiger charge is -2.22. The van der Waals surface area contributed by atoms with Gasteiger partial charge in [-0.05, 0) is 70.6 Å². The lowest BCUT2D eigenvalue weighted by molar-refractivity contribution is -0.143. The van der Waals surface area contributed by atoms with Crippen molar-refractivity contribution in [2.24, 2.45) is 0 Å². The van der Waals surface area contributed by atoms with Crippen LogP contribution in [0.15, 0.2) is 36.5 Å². The highest BCUT2D eigenvalue weighted by atomic mass is 16.5. The fraction of sp³-hybridized carbons (Fsp3) is 0.843. The van der Waals surface area contributed by atoms with E-state index in [4.69, 9.17) is 4.74 Å². The molecule has 0 rings (SSSR count). The van der Waals surface area contributed by atoms with E-state index in [2.05, 4.69) is 49.5 Å². The van der Waals surface area contributed by atoms with E-state index >= 15 is 0 Å². The Morgan fingerprint density at radius 3 is 1.39 bits per heavy atom. The average molecular weight is 802 g/mol.